The maximum atomic E-state index is 11.2. The molecule has 1 amide bonds. The fraction of sp³-hybridized carbons (Fsp3) is 0.286. The molecule has 0 fully saturated rings. The highest BCUT2D eigenvalue weighted by Crippen LogP contribution is 2.19. The third kappa shape index (κ3) is 3.07. The van der Waals surface area contributed by atoms with E-state index in [2.05, 4.69) is 10.3 Å². The minimum absolute atomic E-state index is 0.0366. The normalized spacial score (nSPS) is 10.8. The molecular weight excluding hydrogens is 272 g/mol. The number of benzene rings is 1. The molecule has 0 aliphatic carbocycles. The van der Waals surface area contributed by atoms with Crippen molar-refractivity contribution in [2.75, 3.05) is 0 Å². The number of amides is 1. The number of primary amides is 1. The van der Waals surface area contributed by atoms with E-state index in [1.807, 2.05) is 19.9 Å². The fourth-order valence-corrected chi connectivity index (χ4v) is 2.16. The average molecular weight is 288 g/mol. The number of carbonyl (C=O) groups is 2. The Morgan fingerprint density at radius 1 is 1.38 bits per heavy atom. The van der Waals surface area contributed by atoms with Crippen LogP contribution in [-0.4, -0.2) is 32.0 Å². The van der Waals surface area contributed by atoms with Crippen LogP contribution in [0, 0.1) is 0 Å². The van der Waals surface area contributed by atoms with Gasteiger partial charge in [-0.25, -0.2) is 9.48 Å². The second kappa shape index (κ2) is 5.74. The summed E-state index contributed by atoms with van der Waals surface area (Å²) >= 11 is 0. The summed E-state index contributed by atoms with van der Waals surface area (Å²) in [5.74, 6) is -1.65. The Bertz CT molecular complexity index is 691. The van der Waals surface area contributed by atoms with Gasteiger partial charge in [0, 0.05) is 5.56 Å². The third-order valence-corrected chi connectivity index (χ3v) is 3.07. The molecule has 2 aromatic rings. The van der Waals surface area contributed by atoms with Crippen molar-refractivity contribution >= 4 is 11.9 Å². The number of hydrogen-bond donors (Lipinski definition) is 2. The fourth-order valence-electron chi connectivity index (χ4n) is 2.16. The number of aromatic carboxylic acids is 1. The zero-order chi connectivity index (χ0) is 15.6. The lowest BCUT2D eigenvalue weighted by molar-refractivity contribution is 0.0688. The number of hydrogen-bond acceptors (Lipinski definition) is 4. The molecule has 2 rings (SSSR count). The molecule has 0 radical (unpaired) electrons. The first-order valence-electron chi connectivity index (χ1n) is 6.45. The summed E-state index contributed by atoms with van der Waals surface area (Å²) < 4.78 is 1.54. The molecule has 1 aromatic heterocycles. The van der Waals surface area contributed by atoms with Gasteiger partial charge in [0.25, 0.3) is 0 Å². The Kier molecular flexibility index (Phi) is 4.02. The van der Waals surface area contributed by atoms with Crippen LogP contribution in [-0.2, 0) is 6.54 Å². The SMILES string of the molecule is CC(C)c1c(C(=O)O)nnn1Cc1cccc(C(N)=O)c1. The molecule has 0 saturated carbocycles. The van der Waals surface area contributed by atoms with Crippen LogP contribution in [0.2, 0.25) is 0 Å². The van der Waals surface area contributed by atoms with E-state index in [-0.39, 0.29) is 11.6 Å². The van der Waals surface area contributed by atoms with Gasteiger partial charge in [-0.3, -0.25) is 4.79 Å². The lowest BCUT2D eigenvalue weighted by Crippen LogP contribution is -2.13. The van der Waals surface area contributed by atoms with Crippen molar-refractivity contribution in [2.45, 2.75) is 26.3 Å². The molecule has 7 heteroatoms. The van der Waals surface area contributed by atoms with E-state index in [0.29, 0.717) is 17.8 Å². The van der Waals surface area contributed by atoms with Gasteiger partial charge in [-0.15, -0.1) is 5.10 Å². The molecule has 1 heterocycles. The van der Waals surface area contributed by atoms with Gasteiger partial charge in [0.15, 0.2) is 5.69 Å². The number of rotatable bonds is 5. The molecule has 0 aliphatic heterocycles. The van der Waals surface area contributed by atoms with Gasteiger partial charge in [0.1, 0.15) is 0 Å². The number of carbonyl (C=O) groups excluding carboxylic acids is 1. The summed E-state index contributed by atoms with van der Waals surface area (Å²) in [5, 5.41) is 16.7. The Balaban J connectivity index is 2.38. The van der Waals surface area contributed by atoms with Crippen molar-refractivity contribution < 1.29 is 14.7 Å². The van der Waals surface area contributed by atoms with Gasteiger partial charge in [0.2, 0.25) is 5.91 Å². The summed E-state index contributed by atoms with van der Waals surface area (Å²) in [4.78, 5) is 22.3. The van der Waals surface area contributed by atoms with Crippen LogP contribution in [0.4, 0.5) is 0 Å². The standard InChI is InChI=1S/C14H16N4O3/c1-8(2)12-11(14(20)21)16-17-18(12)7-9-4-3-5-10(6-9)13(15)19/h3-6,8H,7H2,1-2H3,(H2,15,19)(H,20,21). The van der Waals surface area contributed by atoms with Crippen molar-refractivity contribution in [3.8, 4) is 0 Å². The highest BCUT2D eigenvalue weighted by Gasteiger charge is 2.21. The number of carboxylic acid groups (broad SMARTS) is 1. The Morgan fingerprint density at radius 2 is 2.10 bits per heavy atom. The summed E-state index contributed by atoms with van der Waals surface area (Å²) in [6.07, 6.45) is 0. The predicted octanol–water partition coefficient (Wildman–Crippen LogP) is 1.25. The molecule has 0 bridgehead atoms. The van der Waals surface area contributed by atoms with E-state index in [4.69, 9.17) is 10.8 Å². The summed E-state index contributed by atoms with van der Waals surface area (Å²) in [5.41, 5.74) is 6.95. The summed E-state index contributed by atoms with van der Waals surface area (Å²) in [6, 6.07) is 6.83. The van der Waals surface area contributed by atoms with Gasteiger partial charge in [-0.1, -0.05) is 31.2 Å². The van der Waals surface area contributed by atoms with Crippen molar-refractivity contribution in [3.05, 3.63) is 46.8 Å². The van der Waals surface area contributed by atoms with E-state index < -0.39 is 11.9 Å². The average Bonchev–Trinajstić information content (AvgIpc) is 2.83. The van der Waals surface area contributed by atoms with Crippen LogP contribution in [0.3, 0.4) is 0 Å². The molecule has 0 atom stereocenters. The minimum Gasteiger partial charge on any atom is -0.476 e. The number of carboxylic acids is 1. The lowest BCUT2D eigenvalue weighted by atomic mass is 10.1. The summed E-state index contributed by atoms with van der Waals surface area (Å²) in [7, 11) is 0. The van der Waals surface area contributed by atoms with Gasteiger partial charge in [-0.2, -0.15) is 0 Å². The summed E-state index contributed by atoms with van der Waals surface area (Å²) in [6.45, 7) is 4.08. The lowest BCUT2D eigenvalue weighted by Gasteiger charge is -2.10. The topological polar surface area (TPSA) is 111 Å². The molecule has 0 aliphatic rings. The zero-order valence-corrected chi connectivity index (χ0v) is 11.8. The number of nitrogens with zero attached hydrogens (tertiary/aromatic N) is 3. The zero-order valence-electron chi connectivity index (χ0n) is 11.8. The molecule has 1 aromatic carbocycles. The van der Waals surface area contributed by atoms with Crippen molar-refractivity contribution in [2.24, 2.45) is 5.73 Å². The monoisotopic (exact) mass is 288 g/mol. The number of nitrogens with two attached hydrogens (primary N) is 1. The van der Waals surface area contributed by atoms with E-state index in [1.165, 1.54) is 4.68 Å². The number of aromatic nitrogens is 3. The first-order chi connectivity index (χ1) is 9.90. The maximum Gasteiger partial charge on any atom is 0.358 e. The van der Waals surface area contributed by atoms with E-state index in [0.717, 1.165) is 5.56 Å². The molecule has 0 saturated heterocycles. The Hall–Kier alpha value is -2.70. The van der Waals surface area contributed by atoms with Crippen LogP contribution >= 0.6 is 0 Å². The first-order valence-corrected chi connectivity index (χ1v) is 6.45. The van der Waals surface area contributed by atoms with Gasteiger partial charge in [-0.05, 0) is 23.6 Å². The van der Waals surface area contributed by atoms with Crippen LogP contribution in [0.25, 0.3) is 0 Å². The minimum atomic E-state index is -1.10. The van der Waals surface area contributed by atoms with Crippen LogP contribution < -0.4 is 5.73 Å². The maximum absolute atomic E-state index is 11.2. The molecular formula is C14H16N4O3. The molecule has 0 spiro atoms. The highest BCUT2D eigenvalue weighted by atomic mass is 16.4. The molecule has 3 N–H and O–H groups in total. The van der Waals surface area contributed by atoms with Crippen molar-refractivity contribution in [1.29, 1.82) is 0 Å². The van der Waals surface area contributed by atoms with E-state index in [9.17, 15) is 9.59 Å². The van der Waals surface area contributed by atoms with Gasteiger partial charge >= 0.3 is 5.97 Å². The predicted molar refractivity (Wildman–Crippen MR) is 75.1 cm³/mol. The first kappa shape index (κ1) is 14.7. The van der Waals surface area contributed by atoms with Crippen LogP contribution in [0.1, 0.15) is 51.9 Å². The third-order valence-electron chi connectivity index (χ3n) is 3.07. The molecule has 21 heavy (non-hydrogen) atoms. The second-order valence-electron chi connectivity index (χ2n) is 5.01. The van der Waals surface area contributed by atoms with Crippen LogP contribution in [0.5, 0.6) is 0 Å². The Morgan fingerprint density at radius 3 is 2.67 bits per heavy atom. The molecule has 110 valence electrons. The van der Waals surface area contributed by atoms with Crippen LogP contribution in [0.15, 0.2) is 24.3 Å². The van der Waals surface area contributed by atoms with Gasteiger partial charge < -0.3 is 10.8 Å². The Labute approximate surface area is 121 Å². The van der Waals surface area contributed by atoms with Gasteiger partial charge in [0.05, 0.1) is 12.2 Å². The second-order valence-corrected chi connectivity index (χ2v) is 5.01. The largest absolute Gasteiger partial charge is 0.476 e. The van der Waals surface area contributed by atoms with Crippen molar-refractivity contribution in [3.63, 3.8) is 0 Å². The molecule has 0 unspecified atom stereocenters. The smallest absolute Gasteiger partial charge is 0.358 e. The van der Waals surface area contributed by atoms with E-state index >= 15 is 0 Å². The van der Waals surface area contributed by atoms with Crippen molar-refractivity contribution in [1.82, 2.24) is 15.0 Å². The highest BCUT2D eigenvalue weighted by molar-refractivity contribution is 5.92. The molecule has 7 nitrogen and oxygen atoms in total. The van der Waals surface area contributed by atoms with E-state index in [1.54, 1.807) is 18.2 Å². The quantitative estimate of drug-likeness (QED) is 0.860.